The standard InChI is InChI=1S/C15H10Cl2FNS/c16-11-4-2-9(5-12(11)17)15(19)14-6-8-1-3-10(18)7-13(8)20-14/h1-7,15H,19H2. The molecule has 5 heteroatoms. The topological polar surface area (TPSA) is 26.0 Å². The first-order valence-corrected chi connectivity index (χ1v) is 7.51. The Morgan fingerprint density at radius 2 is 1.80 bits per heavy atom. The van der Waals surface area contributed by atoms with Crippen molar-refractivity contribution in [3.8, 4) is 0 Å². The van der Waals surface area contributed by atoms with E-state index in [-0.39, 0.29) is 11.9 Å². The van der Waals surface area contributed by atoms with Crippen molar-refractivity contribution < 1.29 is 4.39 Å². The highest BCUT2D eigenvalue weighted by atomic mass is 35.5. The van der Waals surface area contributed by atoms with Crippen LogP contribution in [0.3, 0.4) is 0 Å². The van der Waals surface area contributed by atoms with Crippen molar-refractivity contribution in [3.05, 3.63) is 68.8 Å². The van der Waals surface area contributed by atoms with E-state index in [0.29, 0.717) is 10.0 Å². The summed E-state index contributed by atoms with van der Waals surface area (Å²) in [6.45, 7) is 0. The molecule has 0 aliphatic rings. The summed E-state index contributed by atoms with van der Waals surface area (Å²) in [6.07, 6.45) is 0. The lowest BCUT2D eigenvalue weighted by atomic mass is 10.1. The summed E-state index contributed by atoms with van der Waals surface area (Å²) in [5.74, 6) is -0.242. The summed E-state index contributed by atoms with van der Waals surface area (Å²) in [6, 6.07) is 11.7. The quantitative estimate of drug-likeness (QED) is 0.671. The highest BCUT2D eigenvalue weighted by Crippen LogP contribution is 2.34. The monoisotopic (exact) mass is 325 g/mol. The molecule has 3 aromatic rings. The van der Waals surface area contributed by atoms with Gasteiger partial charge in [-0.3, -0.25) is 0 Å². The van der Waals surface area contributed by atoms with Crippen molar-refractivity contribution in [3.63, 3.8) is 0 Å². The Morgan fingerprint density at radius 3 is 2.55 bits per heavy atom. The van der Waals surface area contributed by atoms with Gasteiger partial charge in [0.1, 0.15) is 5.82 Å². The van der Waals surface area contributed by atoms with Gasteiger partial charge in [0, 0.05) is 9.58 Å². The Kier molecular flexibility index (Phi) is 3.69. The van der Waals surface area contributed by atoms with Crippen molar-refractivity contribution in [2.24, 2.45) is 5.73 Å². The third-order valence-corrected chi connectivity index (χ3v) is 5.03. The summed E-state index contributed by atoms with van der Waals surface area (Å²) < 4.78 is 14.1. The first kappa shape index (κ1) is 13.8. The lowest BCUT2D eigenvalue weighted by molar-refractivity contribution is 0.630. The molecule has 2 N–H and O–H groups in total. The maximum atomic E-state index is 13.2. The normalized spacial score (nSPS) is 12.8. The molecule has 0 saturated carbocycles. The number of halogens is 3. The zero-order valence-corrected chi connectivity index (χ0v) is 12.6. The highest BCUT2D eigenvalue weighted by molar-refractivity contribution is 7.19. The molecule has 0 fully saturated rings. The van der Waals surface area contributed by atoms with E-state index in [1.807, 2.05) is 12.1 Å². The van der Waals surface area contributed by atoms with Crippen LogP contribution in [-0.4, -0.2) is 0 Å². The number of fused-ring (bicyclic) bond motifs is 1. The Balaban J connectivity index is 2.02. The summed E-state index contributed by atoms with van der Waals surface area (Å²) in [5, 5.41) is 1.97. The van der Waals surface area contributed by atoms with Gasteiger partial charge in [0.25, 0.3) is 0 Å². The fraction of sp³-hybridized carbons (Fsp3) is 0.0667. The molecule has 0 amide bonds. The first-order valence-electron chi connectivity index (χ1n) is 5.94. The number of benzene rings is 2. The number of nitrogens with two attached hydrogens (primary N) is 1. The van der Waals surface area contributed by atoms with Crippen molar-refractivity contribution in [1.29, 1.82) is 0 Å². The fourth-order valence-corrected chi connectivity index (χ4v) is 3.47. The van der Waals surface area contributed by atoms with E-state index < -0.39 is 0 Å². The molecule has 102 valence electrons. The minimum absolute atomic E-state index is 0.242. The molecule has 0 radical (unpaired) electrons. The maximum Gasteiger partial charge on any atom is 0.124 e. The van der Waals surface area contributed by atoms with Gasteiger partial charge in [-0.15, -0.1) is 11.3 Å². The van der Waals surface area contributed by atoms with Crippen LogP contribution in [0.15, 0.2) is 42.5 Å². The number of rotatable bonds is 2. The van der Waals surface area contributed by atoms with Crippen LogP contribution in [0, 0.1) is 5.82 Å². The van der Waals surface area contributed by atoms with E-state index in [9.17, 15) is 4.39 Å². The summed E-state index contributed by atoms with van der Waals surface area (Å²) >= 11 is 13.4. The van der Waals surface area contributed by atoms with Gasteiger partial charge in [0.2, 0.25) is 0 Å². The SMILES string of the molecule is NC(c1ccc(Cl)c(Cl)c1)c1cc2ccc(F)cc2s1. The van der Waals surface area contributed by atoms with Crippen LogP contribution in [0.4, 0.5) is 4.39 Å². The van der Waals surface area contributed by atoms with Gasteiger partial charge in [-0.05, 0) is 41.3 Å². The highest BCUT2D eigenvalue weighted by Gasteiger charge is 2.14. The molecule has 1 atom stereocenters. The molecule has 0 saturated heterocycles. The third kappa shape index (κ3) is 2.54. The maximum absolute atomic E-state index is 13.2. The Morgan fingerprint density at radius 1 is 1.00 bits per heavy atom. The van der Waals surface area contributed by atoms with Gasteiger partial charge in [0.15, 0.2) is 0 Å². The molecular formula is C15H10Cl2FNS. The lowest BCUT2D eigenvalue weighted by Gasteiger charge is -2.10. The molecule has 3 rings (SSSR count). The Labute approximate surface area is 129 Å². The van der Waals surface area contributed by atoms with Crippen LogP contribution < -0.4 is 5.73 Å². The summed E-state index contributed by atoms with van der Waals surface area (Å²) in [4.78, 5) is 0.962. The number of hydrogen-bond acceptors (Lipinski definition) is 2. The second kappa shape index (κ2) is 5.34. The van der Waals surface area contributed by atoms with Crippen molar-refractivity contribution >= 4 is 44.6 Å². The second-order valence-corrected chi connectivity index (χ2v) is 6.41. The van der Waals surface area contributed by atoms with E-state index in [1.165, 1.54) is 23.5 Å². The molecule has 1 nitrogen and oxygen atoms in total. The van der Waals surface area contributed by atoms with Crippen LogP contribution in [0.5, 0.6) is 0 Å². The van der Waals surface area contributed by atoms with E-state index in [0.717, 1.165) is 20.5 Å². The average Bonchev–Trinajstić information content (AvgIpc) is 2.84. The van der Waals surface area contributed by atoms with E-state index in [1.54, 1.807) is 18.2 Å². The molecule has 1 unspecified atom stereocenters. The van der Waals surface area contributed by atoms with E-state index in [2.05, 4.69) is 0 Å². The predicted molar refractivity (Wildman–Crippen MR) is 84.3 cm³/mol. The molecule has 1 heterocycles. The van der Waals surface area contributed by atoms with Crippen LogP contribution in [0.25, 0.3) is 10.1 Å². The van der Waals surface area contributed by atoms with E-state index >= 15 is 0 Å². The Bertz CT molecular complexity index is 785. The zero-order chi connectivity index (χ0) is 14.3. The molecule has 1 aromatic heterocycles. The summed E-state index contributed by atoms with van der Waals surface area (Å²) in [7, 11) is 0. The second-order valence-electron chi connectivity index (χ2n) is 4.48. The third-order valence-electron chi connectivity index (χ3n) is 3.11. The zero-order valence-electron chi connectivity index (χ0n) is 10.2. The van der Waals surface area contributed by atoms with Gasteiger partial charge in [-0.2, -0.15) is 0 Å². The molecule has 2 aromatic carbocycles. The largest absolute Gasteiger partial charge is 0.320 e. The molecule has 20 heavy (non-hydrogen) atoms. The summed E-state index contributed by atoms with van der Waals surface area (Å²) in [5.41, 5.74) is 7.13. The molecule has 0 spiro atoms. The van der Waals surface area contributed by atoms with Gasteiger partial charge < -0.3 is 5.73 Å². The lowest BCUT2D eigenvalue weighted by Crippen LogP contribution is -2.09. The number of thiophene rings is 1. The predicted octanol–water partition coefficient (Wildman–Crippen LogP) is 5.40. The number of hydrogen-bond donors (Lipinski definition) is 1. The average molecular weight is 326 g/mol. The van der Waals surface area contributed by atoms with Crippen LogP contribution in [0.2, 0.25) is 10.0 Å². The van der Waals surface area contributed by atoms with Crippen molar-refractivity contribution in [1.82, 2.24) is 0 Å². The van der Waals surface area contributed by atoms with Gasteiger partial charge in [-0.25, -0.2) is 4.39 Å². The smallest absolute Gasteiger partial charge is 0.124 e. The van der Waals surface area contributed by atoms with Gasteiger partial charge in [-0.1, -0.05) is 35.3 Å². The minimum atomic E-state index is -0.301. The minimum Gasteiger partial charge on any atom is -0.320 e. The van der Waals surface area contributed by atoms with E-state index in [4.69, 9.17) is 28.9 Å². The molecule has 0 aliphatic heterocycles. The molecule has 0 bridgehead atoms. The van der Waals surface area contributed by atoms with Crippen molar-refractivity contribution in [2.75, 3.05) is 0 Å². The fourth-order valence-electron chi connectivity index (χ4n) is 2.05. The Hall–Kier alpha value is -1.13. The van der Waals surface area contributed by atoms with Gasteiger partial charge in [0.05, 0.1) is 16.1 Å². The first-order chi connectivity index (χ1) is 9.54. The molecule has 0 aliphatic carbocycles. The van der Waals surface area contributed by atoms with Gasteiger partial charge >= 0.3 is 0 Å². The van der Waals surface area contributed by atoms with Crippen molar-refractivity contribution in [2.45, 2.75) is 6.04 Å². The molecular weight excluding hydrogens is 316 g/mol. The van der Waals surface area contributed by atoms with Crippen LogP contribution >= 0.6 is 34.5 Å². The van der Waals surface area contributed by atoms with Crippen LogP contribution in [-0.2, 0) is 0 Å². The van der Waals surface area contributed by atoms with Crippen LogP contribution in [0.1, 0.15) is 16.5 Å².